The number of hydrogen-bond donors (Lipinski definition) is 1. The molecule has 78 valence electrons. The van der Waals surface area contributed by atoms with Crippen LogP contribution in [0.15, 0.2) is 0 Å². The Kier molecular flexibility index (Phi) is 4.40. The van der Waals surface area contributed by atoms with Crippen LogP contribution in [0, 0.1) is 17.3 Å². The quantitative estimate of drug-likeness (QED) is 0.629. The fourth-order valence-electron chi connectivity index (χ4n) is 2.06. The highest BCUT2D eigenvalue weighted by atomic mass is 16.5. The van der Waals surface area contributed by atoms with Gasteiger partial charge in [-0.3, -0.25) is 4.79 Å². The summed E-state index contributed by atoms with van der Waals surface area (Å²) < 4.78 is 3.86. The minimum atomic E-state index is 0. The molecule has 13 heavy (non-hydrogen) atoms. The van der Waals surface area contributed by atoms with Gasteiger partial charge in [0.25, 0.3) is 6.47 Å². The summed E-state index contributed by atoms with van der Waals surface area (Å²) in [4.78, 5) is 8.95. The fraction of sp³-hybridized carbons (Fsp3) is 0.900. The lowest BCUT2D eigenvalue weighted by Crippen LogP contribution is -2.17. The average molecular weight is 187 g/mol. The van der Waals surface area contributed by atoms with Gasteiger partial charge in [-0.05, 0) is 30.3 Å². The fourth-order valence-corrected chi connectivity index (χ4v) is 2.06. The summed E-state index contributed by atoms with van der Waals surface area (Å²) in [6.45, 7) is 7.68. The molecule has 0 spiro atoms. The van der Waals surface area contributed by atoms with Crippen molar-refractivity contribution in [2.45, 2.75) is 21.3 Å². The Morgan fingerprint density at radius 3 is 1.92 bits per heavy atom. The van der Waals surface area contributed by atoms with Crippen LogP contribution in [0.25, 0.3) is 0 Å². The molecule has 1 aliphatic heterocycles. The molecule has 0 aromatic heterocycles. The maximum Gasteiger partial charge on any atom is 0.292 e. The van der Waals surface area contributed by atoms with E-state index in [0.29, 0.717) is 11.9 Å². The van der Waals surface area contributed by atoms with Gasteiger partial charge in [0.2, 0.25) is 0 Å². The zero-order chi connectivity index (χ0) is 9.19. The summed E-state index contributed by atoms with van der Waals surface area (Å²) in [5.41, 5.74) is 0.700. The summed E-state index contributed by atoms with van der Waals surface area (Å²) in [5, 5.41) is 3.38. The summed E-state index contributed by atoms with van der Waals surface area (Å²) in [5.74, 6) is 2.03. The Labute approximate surface area is 80.8 Å². The molecule has 2 fully saturated rings. The lowest BCUT2D eigenvalue weighted by atomic mass is 10.1. The highest BCUT2D eigenvalue weighted by Crippen LogP contribution is 2.59. The van der Waals surface area contributed by atoms with Crippen LogP contribution in [0.1, 0.15) is 21.3 Å². The van der Waals surface area contributed by atoms with E-state index >= 15 is 0 Å². The molecule has 0 aromatic carbocycles. The minimum absolute atomic E-state index is 0. The smallest absolute Gasteiger partial charge is 0.292 e. The lowest BCUT2D eigenvalue weighted by Gasteiger charge is -2.06. The second-order valence-electron chi connectivity index (χ2n) is 4.02. The molecule has 2 atom stereocenters. The number of hydrogen-bond acceptors (Lipinski definition) is 3. The zero-order valence-corrected chi connectivity index (χ0v) is 7.96. The monoisotopic (exact) mass is 187 g/mol. The van der Waals surface area contributed by atoms with Gasteiger partial charge in [0, 0.05) is 0 Å². The van der Waals surface area contributed by atoms with Crippen molar-refractivity contribution in [1.82, 2.24) is 5.32 Å². The van der Waals surface area contributed by atoms with Crippen LogP contribution in [0.4, 0.5) is 0 Å². The molecule has 0 bridgehead atoms. The summed E-state index contributed by atoms with van der Waals surface area (Å²) >= 11 is 0. The molecule has 3 nitrogen and oxygen atoms in total. The van der Waals surface area contributed by atoms with Gasteiger partial charge in [-0.2, -0.15) is 0 Å². The van der Waals surface area contributed by atoms with Crippen molar-refractivity contribution in [3.05, 3.63) is 0 Å². The third-order valence-corrected chi connectivity index (χ3v) is 3.11. The number of methoxy groups -OCH3 is 1. The maximum absolute atomic E-state index is 8.95. The first kappa shape index (κ1) is 12.4. The number of carbonyl (C=O) groups is 1. The number of rotatable bonds is 1. The maximum atomic E-state index is 8.95. The molecule has 0 aromatic rings. The van der Waals surface area contributed by atoms with Gasteiger partial charge in [0.1, 0.15) is 0 Å². The molecule has 1 N–H and O–H groups in total. The Morgan fingerprint density at radius 1 is 1.38 bits per heavy atom. The van der Waals surface area contributed by atoms with Crippen LogP contribution >= 0.6 is 0 Å². The Bertz CT molecular complexity index is 156. The van der Waals surface area contributed by atoms with Crippen molar-refractivity contribution in [1.29, 1.82) is 0 Å². The van der Waals surface area contributed by atoms with Crippen molar-refractivity contribution in [3.63, 3.8) is 0 Å². The molecule has 1 saturated heterocycles. The summed E-state index contributed by atoms with van der Waals surface area (Å²) in [6, 6.07) is 0. The zero-order valence-electron chi connectivity index (χ0n) is 7.96. The number of fused-ring (bicyclic) bond motifs is 1. The highest BCUT2D eigenvalue weighted by Gasteiger charge is 2.59. The van der Waals surface area contributed by atoms with Gasteiger partial charge in [0.15, 0.2) is 0 Å². The van der Waals surface area contributed by atoms with Gasteiger partial charge < -0.3 is 10.1 Å². The van der Waals surface area contributed by atoms with E-state index in [1.165, 1.54) is 20.2 Å². The summed E-state index contributed by atoms with van der Waals surface area (Å²) in [6.07, 6.45) is 0. The first-order chi connectivity index (χ1) is 5.64. The van der Waals surface area contributed by atoms with Crippen LogP contribution in [0.3, 0.4) is 0 Å². The Hall–Kier alpha value is -0.570. The second kappa shape index (κ2) is 4.61. The summed E-state index contributed by atoms with van der Waals surface area (Å²) in [7, 11) is 1.31. The third-order valence-electron chi connectivity index (χ3n) is 3.11. The third kappa shape index (κ3) is 2.44. The molecule has 0 amide bonds. The Morgan fingerprint density at radius 2 is 1.77 bits per heavy atom. The van der Waals surface area contributed by atoms with Crippen molar-refractivity contribution in [2.24, 2.45) is 17.3 Å². The van der Waals surface area contributed by atoms with E-state index in [4.69, 9.17) is 4.79 Å². The van der Waals surface area contributed by atoms with Crippen molar-refractivity contribution < 1.29 is 9.53 Å². The van der Waals surface area contributed by atoms with Crippen molar-refractivity contribution in [3.8, 4) is 0 Å². The molecule has 2 rings (SSSR count). The van der Waals surface area contributed by atoms with Crippen molar-refractivity contribution in [2.75, 3.05) is 20.2 Å². The van der Waals surface area contributed by atoms with Gasteiger partial charge in [-0.15, -0.1) is 0 Å². The molecule has 2 aliphatic rings. The standard InChI is InChI=1S/C7H13N.C2H4O2.CH4/c1-7(2)5-3-8-4-6(5)7;1-4-2-3;/h5-6,8H,3-4H2,1-2H3;2H,1H3;1H4. The molecular formula is C10H21NO2. The van der Waals surface area contributed by atoms with E-state index in [-0.39, 0.29) is 7.43 Å². The molecule has 0 radical (unpaired) electrons. The molecule has 1 heterocycles. The number of piperidine rings is 1. The number of nitrogens with one attached hydrogen (secondary N) is 1. The Balaban J connectivity index is 0.000000256. The first-order valence-electron chi connectivity index (χ1n) is 4.31. The van der Waals surface area contributed by atoms with Gasteiger partial charge in [-0.25, -0.2) is 0 Å². The van der Waals surface area contributed by atoms with Crippen LogP contribution in [-0.2, 0) is 9.53 Å². The van der Waals surface area contributed by atoms with Gasteiger partial charge in [-0.1, -0.05) is 21.3 Å². The van der Waals surface area contributed by atoms with Crippen LogP contribution < -0.4 is 5.32 Å². The van der Waals surface area contributed by atoms with E-state index in [0.717, 1.165) is 11.8 Å². The lowest BCUT2D eigenvalue weighted by molar-refractivity contribution is -0.126. The van der Waals surface area contributed by atoms with Crippen molar-refractivity contribution >= 4 is 6.47 Å². The number of ether oxygens (including phenoxy) is 1. The van der Waals surface area contributed by atoms with Gasteiger partial charge in [0.05, 0.1) is 7.11 Å². The highest BCUT2D eigenvalue weighted by molar-refractivity contribution is 5.36. The number of carbonyl (C=O) groups excluding carboxylic acids is 1. The van der Waals surface area contributed by atoms with Gasteiger partial charge >= 0.3 is 0 Å². The largest absolute Gasteiger partial charge is 0.471 e. The topological polar surface area (TPSA) is 38.3 Å². The SMILES string of the molecule is C.CC1(C)C2CNCC21.COC=O. The van der Waals surface area contributed by atoms with Crippen LogP contribution in [0.2, 0.25) is 0 Å². The predicted molar refractivity (Wildman–Crippen MR) is 53.4 cm³/mol. The van der Waals surface area contributed by atoms with E-state index in [9.17, 15) is 0 Å². The molecule has 1 saturated carbocycles. The van der Waals surface area contributed by atoms with E-state index in [1.54, 1.807) is 0 Å². The van der Waals surface area contributed by atoms with E-state index in [2.05, 4.69) is 23.9 Å². The minimum Gasteiger partial charge on any atom is -0.471 e. The molecule has 2 unspecified atom stereocenters. The van der Waals surface area contributed by atoms with E-state index in [1.807, 2.05) is 0 Å². The van der Waals surface area contributed by atoms with E-state index < -0.39 is 0 Å². The molecule has 3 heteroatoms. The first-order valence-corrected chi connectivity index (χ1v) is 4.31. The van der Waals surface area contributed by atoms with Crippen LogP contribution in [0.5, 0.6) is 0 Å². The normalized spacial score (nSPS) is 31.6. The molecular weight excluding hydrogens is 166 g/mol. The molecule has 1 aliphatic carbocycles. The van der Waals surface area contributed by atoms with Crippen LogP contribution in [-0.4, -0.2) is 26.7 Å². The predicted octanol–water partition coefficient (Wildman–Crippen LogP) is 1.29. The second-order valence-corrected chi connectivity index (χ2v) is 4.02. The average Bonchev–Trinajstić information content (AvgIpc) is 2.54.